The zero-order valence-corrected chi connectivity index (χ0v) is 9.27. The van der Waals surface area contributed by atoms with E-state index < -0.39 is 0 Å². The lowest BCUT2D eigenvalue weighted by molar-refractivity contribution is 0.120. The average Bonchev–Trinajstić information content (AvgIpc) is 2.55. The molecular formula is C10H13NO2S. The highest BCUT2D eigenvalue weighted by Crippen LogP contribution is 2.38. The predicted molar refractivity (Wildman–Crippen MR) is 55.5 cm³/mol. The van der Waals surface area contributed by atoms with E-state index in [1.165, 1.54) is 5.56 Å². The molecule has 1 unspecified atom stereocenters. The fraction of sp³-hybridized carbons (Fsp3) is 0.500. The molecule has 0 aromatic carbocycles. The van der Waals surface area contributed by atoms with Crippen molar-refractivity contribution in [2.75, 3.05) is 0 Å². The van der Waals surface area contributed by atoms with Gasteiger partial charge in [-0.1, -0.05) is 0 Å². The van der Waals surface area contributed by atoms with Crippen molar-refractivity contribution < 1.29 is 9.53 Å². The fourth-order valence-electron chi connectivity index (χ4n) is 1.65. The van der Waals surface area contributed by atoms with E-state index in [2.05, 4.69) is 5.32 Å². The standard InChI is InChI=1S/C10H13NO2S/c1-6-4-5-14-7(6)8-10(2,3)11-9(12)13-8/h4-5,8H,1-3H3,(H,11,12). The van der Waals surface area contributed by atoms with Crippen LogP contribution in [0.25, 0.3) is 0 Å². The largest absolute Gasteiger partial charge is 0.438 e. The number of nitrogens with one attached hydrogen (secondary N) is 1. The monoisotopic (exact) mass is 211 g/mol. The second-order valence-corrected chi connectivity index (χ2v) is 5.05. The van der Waals surface area contributed by atoms with Crippen molar-refractivity contribution >= 4 is 17.4 Å². The number of carbonyl (C=O) groups is 1. The Bertz CT molecular complexity index is 370. The first kappa shape index (κ1) is 9.52. The van der Waals surface area contributed by atoms with Crippen LogP contribution in [-0.4, -0.2) is 11.6 Å². The van der Waals surface area contributed by atoms with Gasteiger partial charge in [0.1, 0.15) is 0 Å². The number of aryl methyl sites for hydroxylation is 1. The summed E-state index contributed by atoms with van der Waals surface area (Å²) in [6, 6.07) is 2.04. The molecule has 1 atom stereocenters. The third-order valence-electron chi connectivity index (χ3n) is 2.44. The first-order valence-corrected chi connectivity index (χ1v) is 5.41. The van der Waals surface area contributed by atoms with Crippen LogP contribution in [0.3, 0.4) is 0 Å². The third-order valence-corrected chi connectivity index (χ3v) is 3.51. The molecule has 2 heterocycles. The fourth-order valence-corrected chi connectivity index (χ4v) is 2.79. The van der Waals surface area contributed by atoms with Crippen LogP contribution < -0.4 is 5.32 Å². The van der Waals surface area contributed by atoms with Crippen molar-refractivity contribution in [1.82, 2.24) is 5.32 Å². The summed E-state index contributed by atoms with van der Waals surface area (Å²) in [5.41, 5.74) is 0.872. The maximum Gasteiger partial charge on any atom is 0.408 e. The molecule has 1 aromatic rings. The van der Waals surface area contributed by atoms with Crippen molar-refractivity contribution in [2.45, 2.75) is 32.4 Å². The van der Waals surface area contributed by atoms with E-state index in [9.17, 15) is 4.79 Å². The summed E-state index contributed by atoms with van der Waals surface area (Å²) in [4.78, 5) is 12.3. The van der Waals surface area contributed by atoms with E-state index >= 15 is 0 Å². The Morgan fingerprint density at radius 3 is 2.71 bits per heavy atom. The van der Waals surface area contributed by atoms with Crippen LogP contribution in [0.1, 0.15) is 30.4 Å². The van der Waals surface area contributed by atoms with Crippen molar-refractivity contribution in [3.63, 3.8) is 0 Å². The maximum absolute atomic E-state index is 11.1. The molecule has 0 saturated carbocycles. The lowest BCUT2D eigenvalue weighted by Crippen LogP contribution is -2.38. The zero-order chi connectivity index (χ0) is 10.3. The molecule has 0 bridgehead atoms. The first-order valence-electron chi connectivity index (χ1n) is 4.53. The Morgan fingerprint density at radius 2 is 2.29 bits per heavy atom. The molecule has 14 heavy (non-hydrogen) atoms. The van der Waals surface area contributed by atoms with E-state index in [0.29, 0.717) is 0 Å². The zero-order valence-electron chi connectivity index (χ0n) is 8.46. The predicted octanol–water partition coefficient (Wildman–Crippen LogP) is 2.62. The molecular weight excluding hydrogens is 198 g/mol. The summed E-state index contributed by atoms with van der Waals surface area (Å²) in [5, 5.41) is 4.82. The summed E-state index contributed by atoms with van der Waals surface area (Å²) in [6.07, 6.45) is -0.484. The van der Waals surface area contributed by atoms with Crippen LogP contribution in [0, 0.1) is 6.92 Å². The molecule has 1 aliphatic rings. The average molecular weight is 211 g/mol. The molecule has 0 radical (unpaired) electrons. The van der Waals surface area contributed by atoms with Gasteiger partial charge in [-0.3, -0.25) is 0 Å². The Balaban J connectivity index is 2.36. The minimum absolute atomic E-state index is 0.157. The molecule has 1 aliphatic heterocycles. The Hall–Kier alpha value is -1.03. The molecule has 3 nitrogen and oxygen atoms in total. The molecule has 1 aromatic heterocycles. The number of carbonyl (C=O) groups excluding carboxylic acids is 1. The van der Waals surface area contributed by atoms with Gasteiger partial charge in [0.2, 0.25) is 0 Å². The van der Waals surface area contributed by atoms with Crippen molar-refractivity contribution in [1.29, 1.82) is 0 Å². The SMILES string of the molecule is Cc1ccsc1C1OC(=O)NC1(C)C. The van der Waals surface area contributed by atoms with E-state index in [1.54, 1.807) is 11.3 Å². The first-order chi connectivity index (χ1) is 6.50. The number of cyclic esters (lactones) is 1. The maximum atomic E-state index is 11.1. The topological polar surface area (TPSA) is 38.3 Å². The Morgan fingerprint density at radius 1 is 1.57 bits per heavy atom. The van der Waals surface area contributed by atoms with Gasteiger partial charge in [-0.15, -0.1) is 11.3 Å². The Labute approximate surface area is 87.1 Å². The lowest BCUT2D eigenvalue weighted by atomic mass is 9.96. The molecule has 1 amide bonds. The summed E-state index contributed by atoms with van der Waals surface area (Å²) >= 11 is 1.63. The highest BCUT2D eigenvalue weighted by Gasteiger charge is 2.43. The van der Waals surface area contributed by atoms with Crippen LogP contribution in [0.2, 0.25) is 0 Å². The highest BCUT2D eigenvalue weighted by molar-refractivity contribution is 7.10. The van der Waals surface area contributed by atoms with Gasteiger partial charge in [0.15, 0.2) is 6.10 Å². The van der Waals surface area contributed by atoms with Gasteiger partial charge < -0.3 is 10.1 Å². The lowest BCUT2D eigenvalue weighted by Gasteiger charge is -2.23. The number of hydrogen-bond donors (Lipinski definition) is 1. The van der Waals surface area contributed by atoms with Crippen LogP contribution in [-0.2, 0) is 4.74 Å². The van der Waals surface area contributed by atoms with Crippen molar-refractivity contribution in [3.8, 4) is 0 Å². The molecule has 1 fully saturated rings. The van der Waals surface area contributed by atoms with E-state index in [4.69, 9.17) is 4.74 Å². The van der Waals surface area contributed by atoms with Crippen molar-refractivity contribution in [3.05, 3.63) is 21.9 Å². The number of hydrogen-bond acceptors (Lipinski definition) is 3. The van der Waals surface area contributed by atoms with Gasteiger partial charge in [-0.25, -0.2) is 4.79 Å². The number of amides is 1. The number of rotatable bonds is 1. The normalized spacial score (nSPS) is 24.5. The van der Waals surface area contributed by atoms with E-state index in [1.807, 2.05) is 32.2 Å². The van der Waals surface area contributed by atoms with Crippen LogP contribution in [0.4, 0.5) is 4.79 Å². The summed E-state index contributed by atoms with van der Waals surface area (Å²) in [7, 11) is 0. The molecule has 1 N–H and O–H groups in total. The molecule has 4 heteroatoms. The van der Waals surface area contributed by atoms with Gasteiger partial charge in [-0.05, 0) is 37.8 Å². The van der Waals surface area contributed by atoms with Crippen LogP contribution in [0.5, 0.6) is 0 Å². The van der Waals surface area contributed by atoms with Gasteiger partial charge in [0, 0.05) is 0 Å². The van der Waals surface area contributed by atoms with Gasteiger partial charge in [0.25, 0.3) is 0 Å². The second kappa shape index (κ2) is 2.98. The van der Waals surface area contributed by atoms with Gasteiger partial charge in [0.05, 0.1) is 10.4 Å². The quantitative estimate of drug-likeness (QED) is 0.775. The van der Waals surface area contributed by atoms with Crippen LogP contribution >= 0.6 is 11.3 Å². The minimum atomic E-state index is -0.326. The van der Waals surface area contributed by atoms with Gasteiger partial charge >= 0.3 is 6.09 Å². The van der Waals surface area contributed by atoms with Gasteiger partial charge in [-0.2, -0.15) is 0 Å². The third kappa shape index (κ3) is 1.39. The molecule has 76 valence electrons. The second-order valence-electron chi connectivity index (χ2n) is 4.10. The molecule has 1 saturated heterocycles. The number of alkyl carbamates (subject to hydrolysis) is 1. The number of thiophene rings is 1. The van der Waals surface area contributed by atoms with Crippen molar-refractivity contribution in [2.24, 2.45) is 0 Å². The minimum Gasteiger partial charge on any atom is -0.438 e. The van der Waals surface area contributed by atoms with Crippen LogP contribution in [0.15, 0.2) is 11.4 Å². The molecule has 0 spiro atoms. The molecule has 0 aliphatic carbocycles. The summed E-state index contributed by atoms with van der Waals surface area (Å²) in [5.74, 6) is 0. The summed E-state index contributed by atoms with van der Waals surface area (Å²) in [6.45, 7) is 5.98. The smallest absolute Gasteiger partial charge is 0.408 e. The molecule has 2 rings (SSSR count). The summed E-state index contributed by atoms with van der Waals surface area (Å²) < 4.78 is 5.26. The van der Waals surface area contributed by atoms with E-state index in [0.717, 1.165) is 4.88 Å². The highest BCUT2D eigenvalue weighted by atomic mass is 32.1. The number of ether oxygens (including phenoxy) is 1. The van der Waals surface area contributed by atoms with E-state index in [-0.39, 0.29) is 17.7 Å². The Kier molecular flexibility index (Phi) is 2.03.